The molecule has 126 valence electrons. The molecule has 0 aliphatic carbocycles. The van der Waals surface area contributed by atoms with Crippen LogP contribution < -0.4 is 0 Å². The number of carboxylic acid groups (broad SMARTS) is 1. The van der Waals surface area contributed by atoms with Gasteiger partial charge in [-0.15, -0.1) is 0 Å². The molecule has 1 aliphatic rings. The molecule has 6 nitrogen and oxygen atoms in total. The highest BCUT2D eigenvalue weighted by Crippen LogP contribution is 2.26. The van der Waals surface area contributed by atoms with E-state index >= 15 is 0 Å². The van der Waals surface area contributed by atoms with Crippen molar-refractivity contribution in [1.82, 2.24) is 14.7 Å². The summed E-state index contributed by atoms with van der Waals surface area (Å²) in [5.74, 6) is -2.07. The zero-order valence-electron chi connectivity index (χ0n) is 13.4. The van der Waals surface area contributed by atoms with E-state index in [1.165, 1.54) is 18.3 Å². The Balaban J connectivity index is 1.85. The van der Waals surface area contributed by atoms with Crippen LogP contribution in [0.4, 0.5) is 4.39 Å². The molecule has 7 heteroatoms. The van der Waals surface area contributed by atoms with E-state index in [1.54, 1.807) is 28.6 Å². The Morgan fingerprint density at radius 1 is 1.25 bits per heavy atom. The van der Waals surface area contributed by atoms with Crippen molar-refractivity contribution in [3.63, 3.8) is 0 Å². The summed E-state index contributed by atoms with van der Waals surface area (Å²) in [5.41, 5.74) is 1.72. The van der Waals surface area contributed by atoms with Crippen LogP contribution in [0, 0.1) is 24.6 Å². The van der Waals surface area contributed by atoms with Gasteiger partial charge in [-0.3, -0.25) is 9.59 Å². The van der Waals surface area contributed by atoms with Gasteiger partial charge < -0.3 is 10.0 Å². The predicted octanol–water partition coefficient (Wildman–Crippen LogP) is 2.11. The maximum absolute atomic E-state index is 13.0. The Kier molecular flexibility index (Phi) is 4.09. The van der Waals surface area contributed by atoms with Crippen molar-refractivity contribution in [2.75, 3.05) is 13.1 Å². The molecule has 0 spiro atoms. The molecule has 24 heavy (non-hydrogen) atoms. The zero-order valence-corrected chi connectivity index (χ0v) is 13.4. The third-order valence-corrected chi connectivity index (χ3v) is 4.53. The highest BCUT2D eigenvalue weighted by atomic mass is 19.1. The number of hydrogen-bond acceptors (Lipinski definition) is 3. The number of carboxylic acids is 1. The largest absolute Gasteiger partial charge is 0.481 e. The molecule has 0 saturated carbocycles. The van der Waals surface area contributed by atoms with Gasteiger partial charge in [0.1, 0.15) is 5.82 Å². The molecule has 2 atom stereocenters. The number of hydrogen-bond donors (Lipinski definition) is 1. The van der Waals surface area contributed by atoms with Gasteiger partial charge in [-0.25, -0.2) is 9.07 Å². The monoisotopic (exact) mass is 331 g/mol. The van der Waals surface area contributed by atoms with Gasteiger partial charge in [-0.05, 0) is 37.1 Å². The maximum atomic E-state index is 13.0. The standard InChI is InChI=1S/C17H18FN3O3/c1-10-8-20(9-15(10)17(23)24)16(22)14-7-19-21(11(14)2)13-5-3-12(18)4-6-13/h3-7,10,15H,8-9H2,1-2H3,(H,23,24)/t10-,15-/m1/s1. The molecule has 1 N–H and O–H groups in total. The Bertz CT molecular complexity index is 785. The van der Waals surface area contributed by atoms with Crippen LogP contribution in [0.2, 0.25) is 0 Å². The average molecular weight is 331 g/mol. The fourth-order valence-electron chi connectivity index (χ4n) is 3.09. The number of likely N-dealkylation sites (tertiary alicyclic amines) is 1. The molecule has 1 aliphatic heterocycles. The van der Waals surface area contributed by atoms with Crippen molar-refractivity contribution in [2.45, 2.75) is 13.8 Å². The van der Waals surface area contributed by atoms with Crippen molar-refractivity contribution in [3.8, 4) is 5.69 Å². The molecular formula is C17H18FN3O3. The van der Waals surface area contributed by atoms with Crippen molar-refractivity contribution >= 4 is 11.9 Å². The van der Waals surface area contributed by atoms with Crippen molar-refractivity contribution in [1.29, 1.82) is 0 Å². The molecule has 1 amide bonds. The molecule has 1 aromatic heterocycles. The van der Waals surface area contributed by atoms with E-state index in [-0.39, 0.29) is 24.2 Å². The molecular weight excluding hydrogens is 313 g/mol. The lowest BCUT2D eigenvalue weighted by Gasteiger charge is -2.15. The van der Waals surface area contributed by atoms with Crippen LogP contribution in [0.1, 0.15) is 23.0 Å². The number of amides is 1. The molecule has 3 rings (SSSR count). The lowest BCUT2D eigenvalue weighted by atomic mass is 9.99. The number of rotatable bonds is 3. The highest BCUT2D eigenvalue weighted by Gasteiger charge is 2.37. The quantitative estimate of drug-likeness (QED) is 0.935. The van der Waals surface area contributed by atoms with Gasteiger partial charge in [-0.2, -0.15) is 5.10 Å². The minimum atomic E-state index is -0.878. The molecule has 1 aromatic carbocycles. The molecule has 1 fully saturated rings. The first-order chi connectivity index (χ1) is 11.4. The lowest BCUT2D eigenvalue weighted by Crippen LogP contribution is -2.30. The first kappa shape index (κ1) is 16.2. The van der Waals surface area contributed by atoms with E-state index < -0.39 is 11.9 Å². The van der Waals surface area contributed by atoms with Crippen molar-refractivity contribution in [3.05, 3.63) is 47.5 Å². The second-order valence-electron chi connectivity index (χ2n) is 6.16. The van der Waals surface area contributed by atoms with E-state index in [1.807, 2.05) is 6.92 Å². The summed E-state index contributed by atoms with van der Waals surface area (Å²) in [6.45, 7) is 4.21. The first-order valence-electron chi connectivity index (χ1n) is 7.71. The van der Waals surface area contributed by atoms with Gasteiger partial charge in [0.2, 0.25) is 0 Å². The molecule has 0 unspecified atom stereocenters. The first-order valence-corrected chi connectivity index (χ1v) is 7.71. The second kappa shape index (κ2) is 6.07. The third kappa shape index (κ3) is 2.77. The fourth-order valence-corrected chi connectivity index (χ4v) is 3.09. The van der Waals surface area contributed by atoms with E-state index in [2.05, 4.69) is 5.10 Å². The van der Waals surface area contributed by atoms with Crippen LogP contribution in [0.3, 0.4) is 0 Å². The van der Waals surface area contributed by atoms with Gasteiger partial charge in [-0.1, -0.05) is 6.92 Å². The Labute approximate surface area is 138 Å². The molecule has 0 bridgehead atoms. The number of nitrogens with zero attached hydrogens (tertiary/aromatic N) is 3. The van der Waals surface area contributed by atoms with Crippen LogP contribution in [-0.2, 0) is 4.79 Å². The fraction of sp³-hybridized carbons (Fsp3) is 0.353. The third-order valence-electron chi connectivity index (χ3n) is 4.53. The average Bonchev–Trinajstić information content (AvgIpc) is 3.11. The topological polar surface area (TPSA) is 75.4 Å². The second-order valence-corrected chi connectivity index (χ2v) is 6.16. The van der Waals surface area contributed by atoms with Crippen LogP contribution in [0.5, 0.6) is 0 Å². The normalized spacial score (nSPS) is 20.4. The SMILES string of the molecule is Cc1c(C(=O)N2C[C@@H](C)[C@H](C(=O)O)C2)cnn1-c1ccc(F)cc1. The van der Waals surface area contributed by atoms with Gasteiger partial charge in [0, 0.05) is 13.1 Å². The van der Waals surface area contributed by atoms with Crippen LogP contribution in [-0.4, -0.2) is 44.8 Å². The molecule has 1 saturated heterocycles. The van der Waals surface area contributed by atoms with Gasteiger partial charge in [0.15, 0.2) is 0 Å². The summed E-state index contributed by atoms with van der Waals surface area (Å²) in [5, 5.41) is 13.4. The number of halogens is 1. The number of aromatic nitrogens is 2. The summed E-state index contributed by atoms with van der Waals surface area (Å²) < 4.78 is 14.6. The Hall–Kier alpha value is -2.70. The Morgan fingerprint density at radius 3 is 2.50 bits per heavy atom. The van der Waals surface area contributed by atoms with E-state index in [9.17, 15) is 19.1 Å². The van der Waals surface area contributed by atoms with Crippen LogP contribution in [0.15, 0.2) is 30.5 Å². The minimum Gasteiger partial charge on any atom is -0.481 e. The van der Waals surface area contributed by atoms with Crippen molar-refractivity contribution in [2.24, 2.45) is 11.8 Å². The summed E-state index contributed by atoms with van der Waals surface area (Å²) in [6, 6.07) is 5.83. The predicted molar refractivity (Wildman–Crippen MR) is 84.5 cm³/mol. The van der Waals surface area contributed by atoms with Gasteiger partial charge in [0.05, 0.1) is 29.1 Å². The minimum absolute atomic E-state index is 0.0844. The summed E-state index contributed by atoms with van der Waals surface area (Å²) in [7, 11) is 0. The smallest absolute Gasteiger partial charge is 0.308 e. The number of carbonyl (C=O) groups excluding carboxylic acids is 1. The van der Waals surface area contributed by atoms with Gasteiger partial charge in [0.25, 0.3) is 5.91 Å². The van der Waals surface area contributed by atoms with E-state index in [4.69, 9.17) is 0 Å². The van der Waals surface area contributed by atoms with Crippen LogP contribution in [0.25, 0.3) is 5.69 Å². The number of aliphatic carboxylic acids is 1. The summed E-state index contributed by atoms with van der Waals surface area (Å²) >= 11 is 0. The molecule has 0 radical (unpaired) electrons. The lowest BCUT2D eigenvalue weighted by molar-refractivity contribution is -0.142. The van der Waals surface area contributed by atoms with Crippen LogP contribution >= 0.6 is 0 Å². The molecule has 2 heterocycles. The summed E-state index contributed by atoms with van der Waals surface area (Å²) in [6.07, 6.45) is 1.47. The van der Waals surface area contributed by atoms with Crippen molar-refractivity contribution < 1.29 is 19.1 Å². The number of carbonyl (C=O) groups is 2. The van der Waals surface area contributed by atoms with Gasteiger partial charge >= 0.3 is 5.97 Å². The van der Waals surface area contributed by atoms with E-state index in [0.29, 0.717) is 23.5 Å². The Morgan fingerprint density at radius 2 is 1.92 bits per heavy atom. The highest BCUT2D eigenvalue weighted by molar-refractivity contribution is 5.95. The number of benzene rings is 1. The zero-order chi connectivity index (χ0) is 17.4. The maximum Gasteiger partial charge on any atom is 0.308 e. The summed E-state index contributed by atoms with van der Waals surface area (Å²) in [4.78, 5) is 25.5. The molecule has 2 aromatic rings. The van der Waals surface area contributed by atoms with E-state index in [0.717, 1.165) is 0 Å².